The number of carbonyl (C=O) groups excluding carboxylic acids is 1. The molecule has 7 heteroatoms. The molecule has 0 unspecified atom stereocenters. The van der Waals surface area contributed by atoms with Crippen LogP contribution in [0.25, 0.3) is 0 Å². The molecule has 2 atom stereocenters. The highest BCUT2D eigenvalue weighted by Gasteiger charge is 2.47. The Hall–Kier alpha value is -2.67. The lowest BCUT2D eigenvalue weighted by molar-refractivity contribution is 0.136. The molecule has 0 aliphatic carbocycles. The lowest BCUT2D eigenvalue weighted by Crippen LogP contribution is -2.39. The second-order valence-electron chi connectivity index (χ2n) is 6.63. The van der Waals surface area contributed by atoms with Gasteiger partial charge < -0.3 is 14.7 Å². The topological polar surface area (TPSA) is 65.9 Å². The van der Waals surface area contributed by atoms with E-state index >= 15 is 0 Å². The maximum atomic E-state index is 13.0. The number of anilines is 1. The van der Waals surface area contributed by atoms with E-state index in [1.54, 1.807) is 23.2 Å². The Morgan fingerprint density at radius 1 is 1.23 bits per heavy atom. The fraction of sp³-hybridized carbons (Fsp3) is 0.368. The summed E-state index contributed by atoms with van der Waals surface area (Å²) >= 11 is 0. The van der Waals surface area contributed by atoms with Crippen LogP contribution in [0, 0.1) is 5.82 Å². The van der Waals surface area contributed by atoms with Crippen LogP contribution in [-0.4, -0.2) is 52.9 Å². The minimum atomic E-state index is -0.285. The van der Waals surface area contributed by atoms with E-state index in [2.05, 4.69) is 9.88 Å². The number of aromatic nitrogens is 1. The molecular weight excluding hydrogens is 337 g/mol. The number of hydrogen-bond acceptors (Lipinski definition) is 5. The summed E-state index contributed by atoms with van der Waals surface area (Å²) in [5.74, 6) is -0.263. The summed E-state index contributed by atoms with van der Waals surface area (Å²) in [5, 5.41) is 9.26. The Morgan fingerprint density at radius 2 is 2.04 bits per heavy atom. The zero-order chi connectivity index (χ0) is 18.1. The minimum Gasteiger partial charge on any atom is -0.442 e. The lowest BCUT2D eigenvalue weighted by atomic mass is 10.1. The average molecular weight is 357 g/mol. The summed E-state index contributed by atoms with van der Waals surface area (Å²) in [6.45, 7) is 1.73. The van der Waals surface area contributed by atoms with E-state index in [1.807, 2.05) is 12.1 Å². The summed E-state index contributed by atoms with van der Waals surface area (Å²) < 4.78 is 18.5. The van der Waals surface area contributed by atoms with E-state index in [9.17, 15) is 14.3 Å². The summed E-state index contributed by atoms with van der Waals surface area (Å²) in [5.41, 5.74) is 2.57. The molecule has 2 aliphatic heterocycles. The number of amides is 1. The molecule has 1 aromatic heterocycles. The molecule has 4 rings (SSSR count). The van der Waals surface area contributed by atoms with E-state index in [1.165, 1.54) is 12.1 Å². The molecule has 1 amide bonds. The molecule has 0 bridgehead atoms. The third-order valence-electron chi connectivity index (χ3n) is 5.01. The van der Waals surface area contributed by atoms with Gasteiger partial charge in [-0.05, 0) is 36.2 Å². The standard InChI is InChI=1S/C19H20FN3O3/c20-14-3-1-13(2-4-14)6-8-23-17-10-22(11-18(17)26-19(23)25)16-5-7-21-15(9-16)12-24/h1-5,7,9,17-18,24H,6,8,10-12H2/t17-,18+/m0/s1. The molecule has 2 saturated heterocycles. The number of fused-ring (bicyclic) bond motifs is 1. The Balaban J connectivity index is 1.43. The van der Waals surface area contributed by atoms with Crippen LogP contribution in [0.4, 0.5) is 14.9 Å². The highest BCUT2D eigenvalue weighted by Crippen LogP contribution is 2.30. The molecule has 6 nitrogen and oxygen atoms in total. The Kier molecular flexibility index (Phi) is 4.46. The van der Waals surface area contributed by atoms with Crippen molar-refractivity contribution >= 4 is 11.8 Å². The lowest BCUT2D eigenvalue weighted by Gasteiger charge is -2.23. The van der Waals surface area contributed by atoms with Crippen molar-refractivity contribution in [2.45, 2.75) is 25.2 Å². The fourth-order valence-corrected chi connectivity index (χ4v) is 3.62. The Bertz CT molecular complexity index is 799. The van der Waals surface area contributed by atoms with Crippen LogP contribution >= 0.6 is 0 Å². The van der Waals surface area contributed by atoms with Gasteiger partial charge in [0.15, 0.2) is 0 Å². The van der Waals surface area contributed by atoms with Crippen molar-refractivity contribution in [3.05, 3.63) is 59.7 Å². The van der Waals surface area contributed by atoms with Crippen LogP contribution in [0.15, 0.2) is 42.6 Å². The number of carbonyl (C=O) groups is 1. The van der Waals surface area contributed by atoms with Crippen molar-refractivity contribution in [1.82, 2.24) is 9.88 Å². The highest BCUT2D eigenvalue weighted by atomic mass is 19.1. The molecule has 0 saturated carbocycles. The van der Waals surface area contributed by atoms with Gasteiger partial charge in [-0.15, -0.1) is 0 Å². The third kappa shape index (κ3) is 3.22. The second-order valence-corrected chi connectivity index (χ2v) is 6.63. The van der Waals surface area contributed by atoms with Crippen LogP contribution in [0.2, 0.25) is 0 Å². The summed E-state index contributed by atoms with van der Waals surface area (Å²) in [6.07, 6.45) is 1.88. The van der Waals surface area contributed by atoms with Crippen molar-refractivity contribution in [1.29, 1.82) is 0 Å². The predicted octanol–water partition coefficient (Wildman–Crippen LogP) is 1.97. The number of aliphatic hydroxyl groups excluding tert-OH is 1. The van der Waals surface area contributed by atoms with Crippen LogP contribution in [0.1, 0.15) is 11.3 Å². The van der Waals surface area contributed by atoms with Gasteiger partial charge in [0.1, 0.15) is 11.9 Å². The van der Waals surface area contributed by atoms with Crippen molar-refractivity contribution in [3.8, 4) is 0 Å². The zero-order valence-electron chi connectivity index (χ0n) is 14.2. The minimum absolute atomic E-state index is 0.00584. The number of rotatable bonds is 5. The first-order chi connectivity index (χ1) is 12.6. The maximum absolute atomic E-state index is 13.0. The molecular formula is C19H20FN3O3. The summed E-state index contributed by atoms with van der Waals surface area (Å²) in [6, 6.07) is 10.1. The van der Waals surface area contributed by atoms with Crippen molar-refractivity contribution < 1.29 is 19.0 Å². The summed E-state index contributed by atoms with van der Waals surface area (Å²) in [4.78, 5) is 20.2. The van der Waals surface area contributed by atoms with Gasteiger partial charge in [-0.1, -0.05) is 12.1 Å². The predicted molar refractivity (Wildman–Crippen MR) is 93.2 cm³/mol. The van der Waals surface area contributed by atoms with E-state index in [-0.39, 0.29) is 30.7 Å². The largest absolute Gasteiger partial charge is 0.442 e. The van der Waals surface area contributed by atoms with Crippen LogP contribution in [0.5, 0.6) is 0 Å². The van der Waals surface area contributed by atoms with E-state index in [0.29, 0.717) is 31.7 Å². The van der Waals surface area contributed by atoms with Gasteiger partial charge >= 0.3 is 6.09 Å². The highest BCUT2D eigenvalue weighted by molar-refractivity contribution is 5.72. The van der Waals surface area contributed by atoms with Gasteiger partial charge in [0, 0.05) is 25.0 Å². The fourth-order valence-electron chi connectivity index (χ4n) is 3.62. The first kappa shape index (κ1) is 16.8. The van der Waals surface area contributed by atoms with Crippen molar-refractivity contribution in [3.63, 3.8) is 0 Å². The van der Waals surface area contributed by atoms with Crippen LogP contribution < -0.4 is 4.90 Å². The normalized spacial score (nSPS) is 21.8. The van der Waals surface area contributed by atoms with E-state index < -0.39 is 0 Å². The van der Waals surface area contributed by atoms with Gasteiger partial charge in [0.05, 0.1) is 24.9 Å². The number of pyridine rings is 1. The molecule has 1 aromatic carbocycles. The van der Waals surface area contributed by atoms with Crippen molar-refractivity contribution in [2.75, 3.05) is 24.5 Å². The average Bonchev–Trinajstić information content (AvgIpc) is 3.19. The van der Waals surface area contributed by atoms with Gasteiger partial charge in [0.2, 0.25) is 0 Å². The smallest absolute Gasteiger partial charge is 0.410 e. The van der Waals surface area contributed by atoms with Crippen LogP contribution in [0.3, 0.4) is 0 Å². The molecule has 1 N–H and O–H groups in total. The molecule has 0 radical (unpaired) electrons. The number of halogens is 1. The SMILES string of the molecule is O=C1O[C@@H]2CN(c3ccnc(CO)c3)C[C@@H]2N1CCc1ccc(F)cc1. The number of ether oxygens (including phenoxy) is 1. The number of benzene rings is 1. The number of nitrogens with zero attached hydrogens (tertiary/aromatic N) is 3. The molecule has 26 heavy (non-hydrogen) atoms. The second kappa shape index (κ2) is 6.92. The molecule has 136 valence electrons. The number of hydrogen-bond donors (Lipinski definition) is 1. The zero-order valence-corrected chi connectivity index (χ0v) is 14.2. The maximum Gasteiger partial charge on any atom is 0.410 e. The van der Waals surface area contributed by atoms with Gasteiger partial charge in [-0.3, -0.25) is 9.88 Å². The van der Waals surface area contributed by atoms with Crippen LogP contribution in [-0.2, 0) is 17.8 Å². The van der Waals surface area contributed by atoms with Gasteiger partial charge in [0.25, 0.3) is 0 Å². The van der Waals surface area contributed by atoms with Gasteiger partial charge in [-0.25, -0.2) is 9.18 Å². The monoisotopic (exact) mass is 357 g/mol. The van der Waals surface area contributed by atoms with Crippen molar-refractivity contribution in [2.24, 2.45) is 0 Å². The quantitative estimate of drug-likeness (QED) is 0.886. The first-order valence-electron chi connectivity index (χ1n) is 8.66. The Labute approximate surface area is 150 Å². The first-order valence-corrected chi connectivity index (χ1v) is 8.66. The molecule has 2 aliphatic rings. The van der Waals surface area contributed by atoms with Gasteiger partial charge in [-0.2, -0.15) is 0 Å². The van der Waals surface area contributed by atoms with E-state index in [0.717, 1.165) is 11.3 Å². The molecule has 2 fully saturated rings. The molecule has 3 heterocycles. The third-order valence-corrected chi connectivity index (χ3v) is 5.01. The Morgan fingerprint density at radius 3 is 2.81 bits per heavy atom. The molecule has 2 aromatic rings. The number of aliphatic hydroxyl groups is 1. The summed E-state index contributed by atoms with van der Waals surface area (Å²) in [7, 11) is 0. The molecule has 0 spiro atoms. The van der Waals surface area contributed by atoms with E-state index in [4.69, 9.17) is 4.74 Å².